The summed E-state index contributed by atoms with van der Waals surface area (Å²) in [5, 5.41) is -0.505. The number of nitrogens with zero attached hydrogens (tertiary/aromatic N) is 2. The molecule has 0 fully saturated rings. The van der Waals surface area contributed by atoms with Crippen molar-refractivity contribution in [2.24, 2.45) is 0 Å². The van der Waals surface area contributed by atoms with Gasteiger partial charge in [-0.2, -0.15) is 0 Å². The van der Waals surface area contributed by atoms with Gasteiger partial charge in [-0.05, 0) is 37.6 Å². The topological polar surface area (TPSA) is 69.0 Å². The van der Waals surface area contributed by atoms with Crippen LogP contribution in [0.1, 0.15) is 29.9 Å². The van der Waals surface area contributed by atoms with Crippen LogP contribution in [-0.4, -0.2) is 28.4 Å². The highest BCUT2D eigenvalue weighted by atomic mass is 32.2. The molecule has 0 aliphatic rings. The first-order valence-electron chi connectivity index (χ1n) is 6.27. The van der Waals surface area contributed by atoms with Crippen LogP contribution in [0.5, 0.6) is 0 Å². The third kappa shape index (κ3) is 2.96. The van der Waals surface area contributed by atoms with Crippen molar-refractivity contribution in [1.29, 1.82) is 0 Å². The van der Waals surface area contributed by atoms with Crippen LogP contribution in [0.15, 0.2) is 42.9 Å². The molecule has 20 heavy (non-hydrogen) atoms. The number of pyridine rings is 1. The van der Waals surface area contributed by atoms with Gasteiger partial charge in [0.05, 0.1) is 5.25 Å². The Hall–Kier alpha value is -1.95. The molecule has 0 spiro atoms. The molecule has 0 saturated heterocycles. The van der Waals surface area contributed by atoms with Crippen LogP contribution in [0.25, 0.3) is 0 Å². The van der Waals surface area contributed by atoms with Crippen molar-refractivity contribution in [3.8, 4) is 0 Å². The Morgan fingerprint density at radius 1 is 1.30 bits per heavy atom. The molecule has 0 aromatic carbocycles. The minimum Gasteiger partial charge on any atom is -0.292 e. The van der Waals surface area contributed by atoms with E-state index in [0.717, 1.165) is 0 Å². The van der Waals surface area contributed by atoms with Gasteiger partial charge in [-0.1, -0.05) is 6.07 Å². The molecule has 0 amide bonds. The van der Waals surface area contributed by atoms with Crippen LogP contribution in [0.2, 0.25) is 0 Å². The molecule has 0 atom stereocenters. The number of carbonyl (C=O) groups is 1. The summed E-state index contributed by atoms with van der Waals surface area (Å²) in [5.74, 6) is -0.134. The zero-order valence-electron chi connectivity index (χ0n) is 11.4. The van der Waals surface area contributed by atoms with E-state index in [4.69, 9.17) is 0 Å². The van der Waals surface area contributed by atoms with Crippen molar-refractivity contribution in [3.05, 3.63) is 54.1 Å². The average Bonchev–Trinajstić information content (AvgIpc) is 2.88. The van der Waals surface area contributed by atoms with E-state index in [1.807, 2.05) is 0 Å². The molecule has 0 N–H and O–H groups in total. The summed E-state index contributed by atoms with van der Waals surface area (Å²) >= 11 is 0. The number of aromatic nitrogens is 2. The van der Waals surface area contributed by atoms with Gasteiger partial charge in [0.25, 0.3) is 0 Å². The Kier molecular flexibility index (Phi) is 4.04. The molecule has 106 valence electrons. The smallest absolute Gasteiger partial charge is 0.240 e. The predicted octanol–water partition coefficient (Wildman–Crippen LogP) is 1.89. The van der Waals surface area contributed by atoms with Gasteiger partial charge in [-0.3, -0.25) is 13.8 Å². The van der Waals surface area contributed by atoms with E-state index in [1.54, 1.807) is 44.3 Å². The standard InChI is InChI=1S/C14H16N2O3S/c1-11(2)20(18,19)16-8-6-12(10-16)9-14(17)13-5-3-4-7-15-13/h3-8,10-11H,9H2,1-2H3. The Morgan fingerprint density at radius 2 is 2.05 bits per heavy atom. The maximum Gasteiger partial charge on any atom is 0.240 e. The molecule has 0 aliphatic carbocycles. The molecule has 0 unspecified atom stereocenters. The zero-order chi connectivity index (χ0) is 14.8. The fraction of sp³-hybridized carbons (Fsp3) is 0.286. The first-order valence-corrected chi connectivity index (χ1v) is 7.77. The van der Waals surface area contributed by atoms with Crippen molar-refractivity contribution in [2.45, 2.75) is 25.5 Å². The number of hydrogen-bond acceptors (Lipinski definition) is 4. The van der Waals surface area contributed by atoms with Gasteiger partial charge in [-0.15, -0.1) is 0 Å². The van der Waals surface area contributed by atoms with Crippen molar-refractivity contribution >= 4 is 15.8 Å². The van der Waals surface area contributed by atoms with Crippen LogP contribution in [0, 0.1) is 0 Å². The second kappa shape index (κ2) is 5.58. The van der Waals surface area contributed by atoms with Crippen molar-refractivity contribution in [2.75, 3.05) is 0 Å². The summed E-state index contributed by atoms with van der Waals surface area (Å²) in [6.07, 6.45) is 4.64. The summed E-state index contributed by atoms with van der Waals surface area (Å²) in [7, 11) is -3.37. The largest absolute Gasteiger partial charge is 0.292 e. The summed E-state index contributed by atoms with van der Waals surface area (Å²) < 4.78 is 25.1. The van der Waals surface area contributed by atoms with Gasteiger partial charge in [-0.25, -0.2) is 8.42 Å². The summed E-state index contributed by atoms with van der Waals surface area (Å²) in [4.78, 5) is 16.0. The van der Waals surface area contributed by atoms with Gasteiger partial charge in [0.15, 0.2) is 5.78 Å². The lowest BCUT2D eigenvalue weighted by Crippen LogP contribution is -2.21. The fourth-order valence-corrected chi connectivity index (χ4v) is 2.73. The van der Waals surface area contributed by atoms with E-state index in [-0.39, 0.29) is 12.2 Å². The number of hydrogen-bond donors (Lipinski definition) is 0. The first kappa shape index (κ1) is 14.5. The highest BCUT2D eigenvalue weighted by Crippen LogP contribution is 2.11. The average molecular weight is 292 g/mol. The molecule has 2 rings (SSSR count). The number of carbonyl (C=O) groups excluding carboxylic acids is 1. The van der Waals surface area contributed by atoms with Crippen molar-refractivity contribution in [3.63, 3.8) is 0 Å². The van der Waals surface area contributed by atoms with E-state index >= 15 is 0 Å². The SMILES string of the molecule is CC(C)S(=O)(=O)n1ccc(CC(=O)c2ccccn2)c1. The second-order valence-electron chi connectivity index (χ2n) is 4.76. The number of Topliss-reactive ketones (excluding diaryl/α,β-unsaturated/α-hetero) is 1. The van der Waals surface area contributed by atoms with Gasteiger partial charge in [0, 0.05) is 25.0 Å². The van der Waals surface area contributed by atoms with Gasteiger partial charge < -0.3 is 0 Å². The van der Waals surface area contributed by atoms with Gasteiger partial charge in [0.2, 0.25) is 10.0 Å². The fourth-order valence-electron chi connectivity index (χ4n) is 1.73. The quantitative estimate of drug-likeness (QED) is 0.789. The van der Waals surface area contributed by atoms with Gasteiger partial charge >= 0.3 is 0 Å². The van der Waals surface area contributed by atoms with Crippen LogP contribution < -0.4 is 0 Å². The lowest BCUT2D eigenvalue weighted by atomic mass is 10.1. The van der Waals surface area contributed by atoms with E-state index in [0.29, 0.717) is 11.3 Å². The lowest BCUT2D eigenvalue weighted by Gasteiger charge is -2.08. The molecular formula is C14H16N2O3S. The van der Waals surface area contributed by atoms with E-state index in [9.17, 15) is 13.2 Å². The van der Waals surface area contributed by atoms with Crippen molar-refractivity contribution in [1.82, 2.24) is 8.96 Å². The summed E-state index contributed by atoms with van der Waals surface area (Å²) in [5.41, 5.74) is 1.04. The van der Waals surface area contributed by atoms with Crippen molar-refractivity contribution < 1.29 is 13.2 Å². The molecule has 0 radical (unpaired) electrons. The van der Waals surface area contributed by atoms with E-state index < -0.39 is 15.3 Å². The van der Waals surface area contributed by atoms with Crippen LogP contribution in [0.3, 0.4) is 0 Å². The minimum absolute atomic E-state index is 0.134. The van der Waals surface area contributed by atoms with E-state index in [1.165, 1.54) is 16.4 Å². The predicted molar refractivity (Wildman–Crippen MR) is 76.2 cm³/mol. The highest BCUT2D eigenvalue weighted by molar-refractivity contribution is 7.90. The third-order valence-electron chi connectivity index (χ3n) is 2.93. The summed E-state index contributed by atoms with van der Waals surface area (Å²) in [6.45, 7) is 3.24. The Labute approximate surface area is 118 Å². The first-order chi connectivity index (χ1) is 9.41. The van der Waals surface area contributed by atoms with Crippen LogP contribution in [0.4, 0.5) is 0 Å². The molecule has 0 saturated carbocycles. The molecule has 0 bridgehead atoms. The molecule has 2 aromatic rings. The third-order valence-corrected chi connectivity index (χ3v) is 4.94. The maximum absolute atomic E-state index is 12.0. The molecular weight excluding hydrogens is 276 g/mol. The van der Waals surface area contributed by atoms with Crippen LogP contribution >= 0.6 is 0 Å². The molecule has 2 aromatic heterocycles. The maximum atomic E-state index is 12.0. The Bertz CT molecular complexity index is 703. The minimum atomic E-state index is -3.37. The molecule has 5 nitrogen and oxygen atoms in total. The highest BCUT2D eigenvalue weighted by Gasteiger charge is 2.18. The molecule has 2 heterocycles. The molecule has 0 aliphatic heterocycles. The second-order valence-corrected chi connectivity index (χ2v) is 7.15. The zero-order valence-corrected chi connectivity index (χ0v) is 12.2. The number of rotatable bonds is 5. The monoisotopic (exact) mass is 292 g/mol. The lowest BCUT2D eigenvalue weighted by molar-refractivity contribution is 0.0988. The summed E-state index contributed by atoms with van der Waals surface area (Å²) in [6, 6.07) is 6.77. The van der Waals surface area contributed by atoms with Gasteiger partial charge in [0.1, 0.15) is 5.69 Å². The molecule has 6 heteroatoms. The van der Waals surface area contributed by atoms with E-state index in [2.05, 4.69) is 4.98 Å². The normalized spacial score (nSPS) is 11.8. The Morgan fingerprint density at radius 3 is 2.65 bits per heavy atom. The Balaban J connectivity index is 2.17. The van der Waals surface area contributed by atoms with Crippen LogP contribution in [-0.2, 0) is 16.4 Å². The number of ketones is 1.